The van der Waals surface area contributed by atoms with Crippen molar-refractivity contribution in [3.63, 3.8) is 0 Å². The maximum atomic E-state index is 14.6. The van der Waals surface area contributed by atoms with Gasteiger partial charge in [-0.05, 0) is 49.8 Å². The van der Waals surface area contributed by atoms with E-state index >= 15 is 0 Å². The number of amides is 1. The van der Waals surface area contributed by atoms with E-state index in [2.05, 4.69) is 0 Å². The minimum atomic E-state index is -6.34. The smallest absolute Gasteiger partial charge is 0.435 e. The van der Waals surface area contributed by atoms with Crippen LogP contribution in [0.1, 0.15) is 43.2 Å². The molecule has 0 aromatic heterocycles. The second-order valence-corrected chi connectivity index (χ2v) is 12.7. The van der Waals surface area contributed by atoms with Gasteiger partial charge in [-0.25, -0.2) is 12.8 Å². The summed E-state index contributed by atoms with van der Waals surface area (Å²) in [5, 5.41) is 9.22. The summed E-state index contributed by atoms with van der Waals surface area (Å²) in [5.74, 6) is -2.53. The van der Waals surface area contributed by atoms with E-state index in [0.29, 0.717) is 0 Å². The molecule has 1 saturated heterocycles. The van der Waals surface area contributed by atoms with E-state index in [4.69, 9.17) is 0 Å². The molecule has 2 aliphatic rings. The highest BCUT2D eigenvalue weighted by molar-refractivity contribution is 7.92. The summed E-state index contributed by atoms with van der Waals surface area (Å²) in [6.07, 6.45) is -11.8. The van der Waals surface area contributed by atoms with Crippen LogP contribution in [0.2, 0.25) is 0 Å². The molecular weight excluding hydrogens is 583 g/mol. The van der Waals surface area contributed by atoms with E-state index in [-0.39, 0.29) is 61.2 Å². The monoisotopic (exact) mass is 609 g/mol. The Balaban J connectivity index is 1.73. The second kappa shape index (κ2) is 10.6. The molecule has 1 N–H and O–H groups in total. The lowest BCUT2D eigenvalue weighted by atomic mass is 9.81. The molecule has 1 unspecified atom stereocenters. The van der Waals surface area contributed by atoms with Crippen LogP contribution in [0.25, 0.3) is 0 Å². The zero-order valence-electron chi connectivity index (χ0n) is 21.4. The largest absolute Gasteiger partial charge is 0.481 e. The van der Waals surface area contributed by atoms with Gasteiger partial charge in [0.1, 0.15) is 4.75 Å². The molecule has 0 bridgehead atoms. The first-order valence-corrected chi connectivity index (χ1v) is 14.2. The van der Waals surface area contributed by atoms with Gasteiger partial charge in [0.2, 0.25) is 5.91 Å². The molecule has 2 aromatic carbocycles. The fourth-order valence-electron chi connectivity index (χ4n) is 5.74. The summed E-state index contributed by atoms with van der Waals surface area (Å²) in [5.41, 5.74) is -7.63. The number of likely N-dealkylation sites (tertiary alicyclic amines) is 1. The Hall–Kier alpha value is -3.16. The number of carbonyl (C=O) groups is 2. The third-order valence-corrected chi connectivity index (χ3v) is 10.6. The average Bonchev–Trinajstić information content (AvgIpc) is 3.39. The van der Waals surface area contributed by atoms with Gasteiger partial charge < -0.3 is 10.0 Å². The molecule has 1 atom stereocenters. The predicted octanol–water partition coefficient (Wildman–Crippen LogP) is 5.77. The number of carbonyl (C=O) groups excluding carboxylic acids is 1. The number of sulfone groups is 1. The van der Waals surface area contributed by atoms with Gasteiger partial charge in [-0.2, -0.15) is 26.3 Å². The van der Waals surface area contributed by atoms with Crippen molar-refractivity contribution in [3.05, 3.63) is 65.7 Å². The fraction of sp³-hybridized carbons (Fsp3) is 0.481. The second-order valence-electron chi connectivity index (χ2n) is 10.4. The van der Waals surface area contributed by atoms with Gasteiger partial charge in [0.25, 0.3) is 0 Å². The van der Waals surface area contributed by atoms with E-state index in [1.807, 2.05) is 0 Å². The molecule has 2 fully saturated rings. The summed E-state index contributed by atoms with van der Waals surface area (Å²) < 4.78 is 120. The number of nitrogens with zero attached hydrogens (tertiary/aromatic N) is 1. The van der Waals surface area contributed by atoms with Crippen molar-refractivity contribution in [2.45, 2.75) is 59.8 Å². The first-order valence-electron chi connectivity index (χ1n) is 12.7. The molecule has 1 aliphatic carbocycles. The van der Waals surface area contributed by atoms with E-state index in [9.17, 15) is 53.8 Å². The van der Waals surface area contributed by atoms with E-state index in [0.717, 1.165) is 12.1 Å². The molecule has 2 aromatic rings. The Morgan fingerprint density at radius 3 is 1.80 bits per heavy atom. The van der Waals surface area contributed by atoms with E-state index in [1.54, 1.807) is 6.07 Å². The van der Waals surface area contributed by atoms with E-state index < -0.39 is 68.4 Å². The third-order valence-electron chi connectivity index (χ3n) is 8.13. The van der Waals surface area contributed by atoms with Crippen LogP contribution in [0.3, 0.4) is 0 Å². The molecule has 224 valence electrons. The molecule has 0 radical (unpaired) electrons. The number of hydrogen-bond donors (Lipinski definition) is 1. The minimum Gasteiger partial charge on any atom is -0.481 e. The van der Waals surface area contributed by atoms with Crippen LogP contribution < -0.4 is 0 Å². The summed E-state index contributed by atoms with van der Waals surface area (Å²) in [7, 11) is -4.39. The molecule has 1 amide bonds. The molecule has 1 heterocycles. The van der Waals surface area contributed by atoms with Gasteiger partial charge in [-0.1, -0.05) is 42.5 Å². The lowest BCUT2D eigenvalue weighted by Gasteiger charge is -2.33. The van der Waals surface area contributed by atoms with Crippen molar-refractivity contribution in [1.82, 2.24) is 4.90 Å². The molecule has 6 nitrogen and oxygen atoms in total. The van der Waals surface area contributed by atoms with Crippen LogP contribution in [0.15, 0.2) is 59.5 Å². The van der Waals surface area contributed by atoms with Gasteiger partial charge >= 0.3 is 24.0 Å². The lowest BCUT2D eigenvalue weighted by Crippen LogP contribution is -2.50. The zero-order valence-corrected chi connectivity index (χ0v) is 22.2. The van der Waals surface area contributed by atoms with Crippen LogP contribution in [0, 0.1) is 11.8 Å². The number of carboxylic acid groups (broad SMARTS) is 1. The SMILES string of the molecule is O=C(O)[C@H]1CC[C@H](C(=O)N2CCC(c3ccc(C(F)(C(F)(F)F)C(F)(F)F)cc3)(S(=O)(=O)c3ccccc3)C2)CC1. The number of halogens is 7. The van der Waals surface area contributed by atoms with Crippen molar-refractivity contribution < 1.29 is 53.8 Å². The van der Waals surface area contributed by atoms with Crippen LogP contribution in [-0.2, 0) is 29.8 Å². The zero-order chi connectivity index (χ0) is 30.4. The molecule has 0 spiro atoms. The van der Waals surface area contributed by atoms with Crippen molar-refractivity contribution in [1.29, 1.82) is 0 Å². The highest BCUT2D eigenvalue weighted by atomic mass is 32.2. The van der Waals surface area contributed by atoms with Gasteiger partial charge in [0.05, 0.1) is 10.8 Å². The predicted molar refractivity (Wildman–Crippen MR) is 131 cm³/mol. The Morgan fingerprint density at radius 1 is 0.805 bits per heavy atom. The summed E-state index contributed by atoms with van der Waals surface area (Å²) in [6.45, 7) is -0.524. The van der Waals surface area contributed by atoms with Crippen LogP contribution >= 0.6 is 0 Å². The molecule has 4 rings (SSSR count). The average molecular weight is 610 g/mol. The van der Waals surface area contributed by atoms with Crippen LogP contribution in [0.5, 0.6) is 0 Å². The molecular formula is C27H26F7NO5S. The van der Waals surface area contributed by atoms with Crippen molar-refractivity contribution in [2.75, 3.05) is 13.1 Å². The number of aliphatic carboxylic acids is 1. The van der Waals surface area contributed by atoms with Gasteiger partial charge in [-0.3, -0.25) is 9.59 Å². The lowest BCUT2D eigenvalue weighted by molar-refractivity contribution is -0.348. The maximum absolute atomic E-state index is 14.6. The maximum Gasteiger partial charge on any atom is 0.435 e. The van der Waals surface area contributed by atoms with E-state index in [1.165, 1.54) is 29.2 Å². The topological polar surface area (TPSA) is 91.8 Å². The molecule has 1 aliphatic heterocycles. The summed E-state index contributed by atoms with van der Waals surface area (Å²) in [4.78, 5) is 25.7. The quantitative estimate of drug-likeness (QED) is 0.420. The van der Waals surface area contributed by atoms with Crippen molar-refractivity contribution in [2.24, 2.45) is 11.8 Å². The first kappa shape index (κ1) is 30.8. The summed E-state index contributed by atoms with van der Waals surface area (Å²) in [6, 6.07) is 8.99. The molecule has 14 heteroatoms. The molecule has 41 heavy (non-hydrogen) atoms. The highest BCUT2D eigenvalue weighted by Crippen LogP contribution is 2.54. The Labute approximate surface area is 231 Å². The molecule has 1 saturated carbocycles. The fourth-order valence-corrected chi connectivity index (χ4v) is 7.84. The van der Waals surface area contributed by atoms with Crippen LogP contribution in [0.4, 0.5) is 30.7 Å². The number of alkyl halides is 7. The number of hydrogen-bond acceptors (Lipinski definition) is 4. The van der Waals surface area contributed by atoms with Gasteiger partial charge in [0.15, 0.2) is 9.84 Å². The first-order chi connectivity index (χ1) is 19.0. The Bertz CT molecular complexity index is 1370. The standard InChI is InChI=1S/C27H26F7NO5S/c28-25(26(29,30)31,27(32,33)34)20-12-10-19(11-13-20)24(41(39,40)21-4-2-1-3-5-21)14-15-35(16-24)22(36)17-6-8-18(9-7-17)23(37)38/h1-5,10-13,17-18H,6-9,14-16H2,(H,37,38)/t17-,18-,24?. The minimum absolute atomic E-state index is 0.0797. The van der Waals surface area contributed by atoms with Gasteiger partial charge in [-0.15, -0.1) is 0 Å². The normalized spacial score (nSPS) is 24.3. The van der Waals surface area contributed by atoms with Crippen LogP contribution in [-0.4, -0.2) is 55.7 Å². The summed E-state index contributed by atoms with van der Waals surface area (Å²) >= 11 is 0. The van der Waals surface area contributed by atoms with Gasteiger partial charge in [0, 0.05) is 24.6 Å². The highest BCUT2D eigenvalue weighted by Gasteiger charge is 2.73. The van der Waals surface area contributed by atoms with Crippen molar-refractivity contribution in [3.8, 4) is 0 Å². The number of carboxylic acids is 1. The number of rotatable bonds is 6. The Morgan fingerprint density at radius 2 is 1.32 bits per heavy atom. The third kappa shape index (κ3) is 5.19. The number of benzene rings is 2. The Kier molecular flexibility index (Phi) is 7.95. The van der Waals surface area contributed by atoms with Crippen molar-refractivity contribution >= 4 is 21.7 Å².